The average Bonchev–Trinajstić information content (AvgIpc) is 2.95. The molecule has 1 N–H and O–H groups in total. The van der Waals surface area contributed by atoms with Crippen LogP contribution in [0, 0.1) is 5.82 Å². The summed E-state index contributed by atoms with van der Waals surface area (Å²) in [6, 6.07) is 23.5. The molecule has 0 amide bonds. The summed E-state index contributed by atoms with van der Waals surface area (Å²) in [5.41, 5.74) is 2.95. The first-order chi connectivity index (χ1) is 18.6. The Morgan fingerprint density at radius 1 is 0.842 bits per heavy atom. The van der Waals surface area contributed by atoms with Gasteiger partial charge in [-0.1, -0.05) is 30.3 Å². The number of hydrogen-bond donors (Lipinski definition) is 1. The molecule has 1 fully saturated rings. The van der Waals surface area contributed by atoms with Gasteiger partial charge >= 0.3 is 0 Å². The van der Waals surface area contributed by atoms with E-state index in [9.17, 15) is 9.18 Å². The minimum atomic E-state index is -0.452. The van der Waals surface area contributed by atoms with E-state index in [0.717, 1.165) is 37.6 Å². The Bertz CT molecular complexity index is 1650. The zero-order valence-electron chi connectivity index (χ0n) is 20.9. The molecule has 1 aliphatic rings. The second-order valence-electron chi connectivity index (χ2n) is 9.30. The third-order valence-electron chi connectivity index (χ3n) is 6.76. The molecule has 190 valence electrons. The van der Waals surface area contributed by atoms with Gasteiger partial charge in [-0.15, -0.1) is 0 Å². The number of nitrogens with one attached hydrogen (secondary N) is 1. The Kier molecular flexibility index (Phi) is 6.27. The molecule has 6 rings (SSSR count). The van der Waals surface area contributed by atoms with Crippen LogP contribution in [0.4, 0.5) is 21.7 Å². The highest BCUT2D eigenvalue weighted by molar-refractivity contribution is 5.91. The van der Waals surface area contributed by atoms with E-state index in [2.05, 4.69) is 49.4 Å². The van der Waals surface area contributed by atoms with E-state index in [1.165, 1.54) is 16.9 Å². The first-order valence-corrected chi connectivity index (χ1v) is 12.5. The van der Waals surface area contributed by atoms with Gasteiger partial charge < -0.3 is 15.1 Å². The maximum Gasteiger partial charge on any atom is 0.282 e. The molecule has 0 unspecified atom stereocenters. The molecule has 5 aromatic rings. The van der Waals surface area contributed by atoms with E-state index in [1.54, 1.807) is 30.3 Å². The van der Waals surface area contributed by atoms with Crippen molar-refractivity contribution in [3.8, 4) is 16.9 Å². The summed E-state index contributed by atoms with van der Waals surface area (Å²) in [6.45, 7) is 4.05. The number of halogens is 1. The van der Waals surface area contributed by atoms with Gasteiger partial charge in [0, 0.05) is 49.3 Å². The minimum Gasteiger partial charge on any atom is -0.369 e. The maximum absolute atomic E-state index is 14.9. The molecule has 38 heavy (non-hydrogen) atoms. The van der Waals surface area contributed by atoms with Crippen LogP contribution in [-0.4, -0.2) is 57.9 Å². The lowest BCUT2D eigenvalue weighted by Crippen LogP contribution is -2.44. The van der Waals surface area contributed by atoms with Gasteiger partial charge in [-0.2, -0.15) is 9.78 Å². The standard InChI is InChI=1S/C29H26FN7O/c1-35-15-17-36(18-16-35)21-13-11-20(12-14-21)32-29-31-19-24-26(33-29)27(23-9-5-6-10-25(23)30)34-37(28(24)38)22-7-3-2-4-8-22/h2-14,19H,15-18H2,1H3,(H,31,32,33). The summed E-state index contributed by atoms with van der Waals surface area (Å²) in [7, 11) is 2.14. The highest BCUT2D eigenvalue weighted by atomic mass is 19.1. The number of likely N-dealkylation sites (N-methyl/N-ethyl adjacent to an activating group) is 1. The van der Waals surface area contributed by atoms with Crippen molar-refractivity contribution < 1.29 is 4.39 Å². The summed E-state index contributed by atoms with van der Waals surface area (Å²) >= 11 is 0. The number of hydrogen-bond acceptors (Lipinski definition) is 7. The molecule has 8 nitrogen and oxygen atoms in total. The number of benzene rings is 3. The first kappa shape index (κ1) is 23.7. The number of piperazine rings is 1. The number of nitrogens with zero attached hydrogens (tertiary/aromatic N) is 6. The Morgan fingerprint density at radius 2 is 1.55 bits per heavy atom. The molecule has 1 saturated heterocycles. The van der Waals surface area contributed by atoms with Crippen molar-refractivity contribution in [1.29, 1.82) is 0 Å². The van der Waals surface area contributed by atoms with E-state index in [-0.39, 0.29) is 27.7 Å². The van der Waals surface area contributed by atoms with Crippen LogP contribution in [0.25, 0.3) is 27.8 Å². The van der Waals surface area contributed by atoms with Crippen LogP contribution in [0.5, 0.6) is 0 Å². The van der Waals surface area contributed by atoms with Crippen molar-refractivity contribution in [1.82, 2.24) is 24.6 Å². The highest BCUT2D eigenvalue weighted by Gasteiger charge is 2.19. The molecular weight excluding hydrogens is 481 g/mol. The van der Waals surface area contributed by atoms with Crippen LogP contribution in [0.2, 0.25) is 0 Å². The third-order valence-corrected chi connectivity index (χ3v) is 6.76. The smallest absolute Gasteiger partial charge is 0.282 e. The number of rotatable bonds is 5. The maximum atomic E-state index is 14.9. The van der Waals surface area contributed by atoms with E-state index in [0.29, 0.717) is 11.6 Å². The fourth-order valence-electron chi connectivity index (χ4n) is 4.61. The lowest BCUT2D eigenvalue weighted by Gasteiger charge is -2.34. The molecule has 9 heteroatoms. The lowest BCUT2D eigenvalue weighted by atomic mass is 10.1. The zero-order chi connectivity index (χ0) is 26.1. The SMILES string of the molecule is CN1CCN(c2ccc(Nc3ncc4c(=O)n(-c5ccccc5)nc(-c5ccccc5F)c4n3)cc2)CC1. The predicted octanol–water partition coefficient (Wildman–Crippen LogP) is 4.48. The number of anilines is 3. The molecule has 2 aromatic heterocycles. The van der Waals surface area contributed by atoms with Crippen LogP contribution in [-0.2, 0) is 0 Å². The summed E-state index contributed by atoms with van der Waals surface area (Å²) in [4.78, 5) is 27.1. The summed E-state index contributed by atoms with van der Waals surface area (Å²) in [5.74, 6) is -0.159. The van der Waals surface area contributed by atoms with E-state index < -0.39 is 5.82 Å². The van der Waals surface area contributed by atoms with Crippen LogP contribution >= 0.6 is 0 Å². The van der Waals surface area contributed by atoms with Gasteiger partial charge in [-0.05, 0) is 55.6 Å². The fraction of sp³-hybridized carbons (Fsp3) is 0.172. The highest BCUT2D eigenvalue weighted by Crippen LogP contribution is 2.28. The topological polar surface area (TPSA) is 79.2 Å². The van der Waals surface area contributed by atoms with Crippen LogP contribution in [0.3, 0.4) is 0 Å². The minimum absolute atomic E-state index is 0.248. The quantitative estimate of drug-likeness (QED) is 0.376. The first-order valence-electron chi connectivity index (χ1n) is 12.5. The second-order valence-corrected chi connectivity index (χ2v) is 9.30. The van der Waals surface area contributed by atoms with E-state index in [1.807, 2.05) is 30.3 Å². The molecule has 0 spiro atoms. The van der Waals surface area contributed by atoms with Crippen LogP contribution < -0.4 is 15.8 Å². The molecule has 0 saturated carbocycles. The zero-order valence-corrected chi connectivity index (χ0v) is 20.9. The number of aromatic nitrogens is 4. The average molecular weight is 508 g/mol. The second kappa shape index (κ2) is 10.0. The van der Waals surface area contributed by atoms with Crippen molar-refractivity contribution in [2.24, 2.45) is 0 Å². The molecule has 3 heterocycles. The predicted molar refractivity (Wildman–Crippen MR) is 148 cm³/mol. The van der Waals surface area contributed by atoms with Gasteiger partial charge in [-0.3, -0.25) is 4.79 Å². The van der Waals surface area contributed by atoms with Gasteiger partial charge in [0.2, 0.25) is 5.95 Å². The van der Waals surface area contributed by atoms with Crippen molar-refractivity contribution in [3.63, 3.8) is 0 Å². The molecule has 0 bridgehead atoms. The van der Waals surface area contributed by atoms with Crippen molar-refractivity contribution in [2.45, 2.75) is 0 Å². The van der Waals surface area contributed by atoms with Gasteiger partial charge in [0.05, 0.1) is 11.1 Å². The van der Waals surface area contributed by atoms with Gasteiger partial charge in [-0.25, -0.2) is 14.4 Å². The molecular formula is C29H26FN7O. The van der Waals surface area contributed by atoms with Gasteiger partial charge in [0.1, 0.15) is 17.0 Å². The lowest BCUT2D eigenvalue weighted by molar-refractivity contribution is 0.313. The fourth-order valence-corrected chi connectivity index (χ4v) is 4.61. The number of fused-ring (bicyclic) bond motifs is 1. The van der Waals surface area contributed by atoms with E-state index in [4.69, 9.17) is 0 Å². The van der Waals surface area contributed by atoms with Crippen molar-refractivity contribution >= 4 is 28.2 Å². The van der Waals surface area contributed by atoms with Crippen LogP contribution in [0.15, 0.2) is 89.9 Å². The number of para-hydroxylation sites is 1. The Balaban J connectivity index is 1.39. The van der Waals surface area contributed by atoms with E-state index >= 15 is 0 Å². The Labute approximate surface area is 219 Å². The van der Waals surface area contributed by atoms with Crippen LogP contribution in [0.1, 0.15) is 0 Å². The van der Waals surface area contributed by atoms with Gasteiger partial charge in [0.25, 0.3) is 5.56 Å². The summed E-state index contributed by atoms with van der Waals surface area (Å²) in [5, 5.41) is 8.02. The third kappa shape index (κ3) is 4.59. The largest absolute Gasteiger partial charge is 0.369 e. The van der Waals surface area contributed by atoms with Gasteiger partial charge in [0.15, 0.2) is 0 Å². The normalized spacial score (nSPS) is 14.1. The molecule has 0 atom stereocenters. The molecule has 0 radical (unpaired) electrons. The van der Waals surface area contributed by atoms with Crippen molar-refractivity contribution in [3.05, 3.63) is 101 Å². The van der Waals surface area contributed by atoms with Crippen molar-refractivity contribution in [2.75, 3.05) is 43.4 Å². The summed E-state index contributed by atoms with van der Waals surface area (Å²) in [6.07, 6.45) is 1.47. The Hall–Kier alpha value is -4.63. The summed E-state index contributed by atoms with van der Waals surface area (Å²) < 4.78 is 16.2. The molecule has 0 aliphatic carbocycles. The Morgan fingerprint density at radius 3 is 2.29 bits per heavy atom. The molecule has 3 aromatic carbocycles. The molecule has 1 aliphatic heterocycles. The monoisotopic (exact) mass is 507 g/mol.